The molecule has 0 unspecified atom stereocenters. The second-order valence-corrected chi connectivity index (χ2v) is 5.43. The van der Waals surface area contributed by atoms with Crippen LogP contribution in [0.15, 0.2) is 27.3 Å². The first-order valence-corrected chi connectivity index (χ1v) is 6.78. The maximum Gasteiger partial charge on any atom is 0.222 e. The Morgan fingerprint density at radius 1 is 1.26 bits per heavy atom. The molecule has 1 aromatic carbocycles. The van der Waals surface area contributed by atoms with Crippen molar-refractivity contribution in [2.45, 2.75) is 13.8 Å². The smallest absolute Gasteiger partial charge is 0.222 e. The van der Waals surface area contributed by atoms with Crippen molar-refractivity contribution in [1.82, 2.24) is 15.1 Å². The zero-order valence-corrected chi connectivity index (χ0v) is 12.6. The van der Waals surface area contributed by atoms with Gasteiger partial charge in [0.25, 0.3) is 0 Å². The standard InChI is InChI=1S/C13H9BrClN3O/c1-6-11(7(2)19-18-6)8-3-9-5-16-13(15)17-12(9)10(14)4-8/h3-5H,1-2H3. The molecule has 0 spiro atoms. The van der Waals surface area contributed by atoms with Crippen molar-refractivity contribution in [1.29, 1.82) is 0 Å². The summed E-state index contributed by atoms with van der Waals surface area (Å²) in [7, 11) is 0. The molecule has 0 fully saturated rings. The van der Waals surface area contributed by atoms with Gasteiger partial charge in [0, 0.05) is 21.6 Å². The van der Waals surface area contributed by atoms with Crippen LogP contribution in [0, 0.1) is 13.8 Å². The van der Waals surface area contributed by atoms with Gasteiger partial charge in [-0.1, -0.05) is 5.16 Å². The zero-order chi connectivity index (χ0) is 13.6. The number of halogens is 2. The lowest BCUT2D eigenvalue weighted by atomic mass is 10.0. The molecule has 19 heavy (non-hydrogen) atoms. The molecule has 0 radical (unpaired) electrons. The van der Waals surface area contributed by atoms with Crippen molar-refractivity contribution in [2.75, 3.05) is 0 Å². The fourth-order valence-electron chi connectivity index (χ4n) is 2.12. The lowest BCUT2D eigenvalue weighted by Gasteiger charge is -2.05. The normalized spacial score (nSPS) is 11.2. The quantitative estimate of drug-likeness (QED) is 0.620. The first kappa shape index (κ1) is 12.6. The van der Waals surface area contributed by atoms with Gasteiger partial charge in [-0.25, -0.2) is 9.97 Å². The summed E-state index contributed by atoms with van der Waals surface area (Å²) in [5, 5.41) is 5.12. The van der Waals surface area contributed by atoms with Gasteiger partial charge in [-0.05, 0) is 59.1 Å². The van der Waals surface area contributed by atoms with Crippen molar-refractivity contribution in [3.63, 3.8) is 0 Å². The first-order valence-electron chi connectivity index (χ1n) is 5.61. The zero-order valence-electron chi connectivity index (χ0n) is 10.2. The van der Waals surface area contributed by atoms with E-state index in [0.717, 1.165) is 38.0 Å². The highest BCUT2D eigenvalue weighted by molar-refractivity contribution is 9.10. The number of rotatable bonds is 1. The second-order valence-electron chi connectivity index (χ2n) is 4.23. The number of hydrogen-bond donors (Lipinski definition) is 0. The van der Waals surface area contributed by atoms with Gasteiger partial charge in [0.05, 0.1) is 11.2 Å². The summed E-state index contributed by atoms with van der Waals surface area (Å²) in [6.45, 7) is 3.81. The van der Waals surface area contributed by atoms with Gasteiger partial charge in [-0.3, -0.25) is 0 Å². The monoisotopic (exact) mass is 337 g/mol. The highest BCUT2D eigenvalue weighted by atomic mass is 79.9. The molecule has 3 aromatic rings. The van der Waals surface area contributed by atoms with Crippen LogP contribution in [-0.2, 0) is 0 Å². The summed E-state index contributed by atoms with van der Waals surface area (Å²) >= 11 is 9.33. The molecule has 0 bridgehead atoms. The first-order chi connectivity index (χ1) is 9.06. The molecule has 96 valence electrons. The van der Waals surface area contributed by atoms with Crippen molar-refractivity contribution in [2.24, 2.45) is 0 Å². The third kappa shape index (κ3) is 2.13. The number of nitrogens with zero attached hydrogens (tertiary/aromatic N) is 3. The Balaban J connectivity index is 2.30. The van der Waals surface area contributed by atoms with Crippen molar-refractivity contribution >= 4 is 38.4 Å². The third-order valence-corrected chi connectivity index (χ3v) is 3.72. The third-order valence-electron chi connectivity index (χ3n) is 2.93. The predicted molar refractivity (Wildman–Crippen MR) is 77.2 cm³/mol. The van der Waals surface area contributed by atoms with Gasteiger partial charge >= 0.3 is 0 Å². The molecule has 0 N–H and O–H groups in total. The van der Waals surface area contributed by atoms with E-state index in [-0.39, 0.29) is 5.28 Å². The van der Waals surface area contributed by atoms with Gasteiger partial charge in [0.2, 0.25) is 5.28 Å². The van der Waals surface area contributed by atoms with E-state index in [0.29, 0.717) is 0 Å². The van der Waals surface area contributed by atoms with Crippen LogP contribution in [0.3, 0.4) is 0 Å². The molecular formula is C13H9BrClN3O. The van der Waals surface area contributed by atoms with E-state index in [1.54, 1.807) is 6.20 Å². The fourth-order valence-corrected chi connectivity index (χ4v) is 2.82. The van der Waals surface area contributed by atoms with Crippen LogP contribution < -0.4 is 0 Å². The molecule has 0 saturated carbocycles. The molecular weight excluding hydrogens is 330 g/mol. The summed E-state index contributed by atoms with van der Waals surface area (Å²) in [5.74, 6) is 0.790. The van der Waals surface area contributed by atoms with E-state index in [2.05, 4.69) is 31.1 Å². The van der Waals surface area contributed by atoms with Crippen LogP contribution in [0.4, 0.5) is 0 Å². The lowest BCUT2D eigenvalue weighted by molar-refractivity contribution is 0.393. The minimum atomic E-state index is 0.235. The van der Waals surface area contributed by atoms with E-state index in [4.69, 9.17) is 16.1 Å². The number of hydrogen-bond acceptors (Lipinski definition) is 4. The Bertz CT molecular complexity index is 765. The summed E-state index contributed by atoms with van der Waals surface area (Å²) in [5.41, 5.74) is 3.66. The Morgan fingerprint density at radius 2 is 2.05 bits per heavy atom. The molecule has 2 aromatic heterocycles. The van der Waals surface area contributed by atoms with Crippen molar-refractivity contribution < 1.29 is 4.52 Å². The Kier molecular flexibility index (Phi) is 3.03. The summed E-state index contributed by atoms with van der Waals surface area (Å²) in [4.78, 5) is 8.22. The molecule has 0 aliphatic heterocycles. The highest BCUT2D eigenvalue weighted by Crippen LogP contribution is 2.33. The predicted octanol–water partition coefficient (Wildman–Crippen LogP) is 4.32. The van der Waals surface area contributed by atoms with Crippen LogP contribution in [0.25, 0.3) is 22.0 Å². The molecule has 4 nitrogen and oxygen atoms in total. The molecule has 3 rings (SSSR count). The largest absolute Gasteiger partial charge is 0.361 e. The summed E-state index contributed by atoms with van der Waals surface area (Å²) in [6.07, 6.45) is 1.71. The molecule has 0 aliphatic rings. The number of benzene rings is 1. The molecule has 2 heterocycles. The maximum atomic E-state index is 5.81. The Hall–Kier alpha value is -1.46. The number of aryl methyl sites for hydroxylation is 2. The average molecular weight is 339 g/mol. The van der Waals surface area contributed by atoms with Crippen molar-refractivity contribution in [3.05, 3.63) is 39.5 Å². The van der Waals surface area contributed by atoms with Gasteiger partial charge in [0.1, 0.15) is 5.76 Å². The van der Waals surface area contributed by atoms with E-state index in [1.807, 2.05) is 26.0 Å². The van der Waals surface area contributed by atoms with Crippen molar-refractivity contribution in [3.8, 4) is 11.1 Å². The maximum absolute atomic E-state index is 5.81. The summed E-state index contributed by atoms with van der Waals surface area (Å²) in [6, 6.07) is 3.99. The molecule has 0 atom stereocenters. The van der Waals surface area contributed by atoms with Gasteiger partial charge in [-0.15, -0.1) is 0 Å². The molecule has 0 saturated heterocycles. The van der Waals surface area contributed by atoms with Gasteiger partial charge in [0.15, 0.2) is 0 Å². The Morgan fingerprint density at radius 3 is 2.74 bits per heavy atom. The van der Waals surface area contributed by atoms with E-state index < -0.39 is 0 Å². The van der Waals surface area contributed by atoms with Gasteiger partial charge < -0.3 is 4.52 Å². The topological polar surface area (TPSA) is 51.8 Å². The lowest BCUT2D eigenvalue weighted by Crippen LogP contribution is -1.88. The van der Waals surface area contributed by atoms with E-state index in [1.165, 1.54) is 0 Å². The Labute approximate surface area is 122 Å². The minimum Gasteiger partial charge on any atom is -0.361 e. The fraction of sp³-hybridized carbons (Fsp3) is 0.154. The number of aromatic nitrogens is 3. The van der Waals surface area contributed by atoms with Crippen LogP contribution in [0.2, 0.25) is 5.28 Å². The molecule has 6 heteroatoms. The van der Waals surface area contributed by atoms with Gasteiger partial charge in [-0.2, -0.15) is 0 Å². The van der Waals surface area contributed by atoms with E-state index in [9.17, 15) is 0 Å². The second kappa shape index (κ2) is 4.58. The highest BCUT2D eigenvalue weighted by Gasteiger charge is 2.14. The molecule has 0 aliphatic carbocycles. The average Bonchev–Trinajstić information content (AvgIpc) is 2.70. The van der Waals surface area contributed by atoms with Crippen LogP contribution in [0.1, 0.15) is 11.5 Å². The van der Waals surface area contributed by atoms with Crippen LogP contribution in [0.5, 0.6) is 0 Å². The summed E-state index contributed by atoms with van der Waals surface area (Å²) < 4.78 is 6.07. The minimum absolute atomic E-state index is 0.235. The SMILES string of the molecule is Cc1noc(C)c1-c1cc(Br)c2nc(Cl)ncc2c1. The molecule has 0 amide bonds. The van der Waals surface area contributed by atoms with E-state index >= 15 is 0 Å². The van der Waals surface area contributed by atoms with Crippen LogP contribution in [-0.4, -0.2) is 15.1 Å². The van der Waals surface area contributed by atoms with Crippen LogP contribution >= 0.6 is 27.5 Å². The number of fused-ring (bicyclic) bond motifs is 1.